The number of nitrogens with one attached hydrogen (secondary N) is 1. The number of amides is 2. The molecule has 6 atom stereocenters. The number of aliphatic hydroxyl groups excluding tert-OH is 1. The number of carbonyl (C=O) groups is 6. The number of nitrogens with zero attached hydrogens (tertiary/aromatic N) is 1. The van der Waals surface area contributed by atoms with Crippen molar-refractivity contribution >= 4 is 41.8 Å². The molecule has 2 heterocycles. The van der Waals surface area contributed by atoms with Crippen molar-refractivity contribution in [2.75, 3.05) is 20.3 Å². The molecule has 350 valence electrons. The zero-order valence-electron chi connectivity index (χ0n) is 38.2. The van der Waals surface area contributed by atoms with Crippen molar-refractivity contribution in [2.45, 2.75) is 121 Å². The number of carbonyl (C=O) groups excluding carboxylic acids is 6. The lowest BCUT2D eigenvalue weighted by atomic mass is 9.90. The number of benzene rings is 3. The van der Waals surface area contributed by atoms with E-state index in [4.69, 9.17) is 28.4 Å². The van der Waals surface area contributed by atoms with Gasteiger partial charge in [0.1, 0.15) is 36.6 Å². The van der Waals surface area contributed by atoms with Gasteiger partial charge in [-0.2, -0.15) is 0 Å². The highest BCUT2D eigenvalue weighted by molar-refractivity contribution is 5.98. The van der Waals surface area contributed by atoms with Crippen LogP contribution in [0.4, 0.5) is 0 Å². The average molecular weight is 907 g/mol. The maximum Gasteiger partial charge on any atom is 0.348 e. The van der Waals surface area contributed by atoms with E-state index in [1.165, 1.54) is 18.0 Å². The van der Waals surface area contributed by atoms with E-state index in [2.05, 4.69) is 5.32 Å². The lowest BCUT2D eigenvalue weighted by Gasteiger charge is -2.34. The minimum absolute atomic E-state index is 0.0463. The van der Waals surface area contributed by atoms with E-state index < -0.39 is 95.6 Å². The molecule has 1 spiro atoms. The summed E-state index contributed by atoms with van der Waals surface area (Å²) in [6.45, 7) is 8.43. The fraction of sp³-hybridized carbons (Fsp3) is 0.451. The first-order valence-corrected chi connectivity index (χ1v) is 22.3. The van der Waals surface area contributed by atoms with Gasteiger partial charge in [0, 0.05) is 56.2 Å². The highest BCUT2D eigenvalue weighted by atomic mass is 16.8. The van der Waals surface area contributed by atoms with Crippen molar-refractivity contribution < 1.29 is 62.3 Å². The summed E-state index contributed by atoms with van der Waals surface area (Å²) in [4.78, 5) is 82.1. The third-order valence-electron chi connectivity index (χ3n) is 12.1. The predicted molar refractivity (Wildman–Crippen MR) is 239 cm³/mol. The lowest BCUT2D eigenvalue weighted by Crippen LogP contribution is -2.53. The highest BCUT2D eigenvalue weighted by Crippen LogP contribution is 2.45. The van der Waals surface area contributed by atoms with E-state index in [1.807, 2.05) is 54.6 Å². The molecule has 0 aromatic heterocycles. The van der Waals surface area contributed by atoms with Gasteiger partial charge in [-0.05, 0) is 67.7 Å². The molecule has 3 aromatic rings. The van der Waals surface area contributed by atoms with E-state index in [-0.39, 0.29) is 43.4 Å². The molecule has 4 aliphatic rings. The Balaban J connectivity index is 1.12. The second-order valence-corrected chi connectivity index (χ2v) is 19.0. The van der Waals surface area contributed by atoms with E-state index in [1.54, 1.807) is 65.0 Å². The number of aliphatic hydroxyl groups is 1. The summed E-state index contributed by atoms with van der Waals surface area (Å²) in [5.74, 6) is -4.80. The first-order valence-electron chi connectivity index (χ1n) is 22.3. The number of cyclic esters (lactones) is 1. The number of ether oxygens (including phenoxy) is 6. The van der Waals surface area contributed by atoms with Crippen LogP contribution in [-0.2, 0) is 71.7 Å². The molecule has 66 heavy (non-hydrogen) atoms. The second kappa shape index (κ2) is 19.7. The molecule has 3 aromatic carbocycles. The van der Waals surface area contributed by atoms with Crippen molar-refractivity contribution in [3.05, 3.63) is 124 Å². The monoisotopic (exact) mass is 906 g/mol. The molecule has 2 N–H and O–H groups in total. The summed E-state index contributed by atoms with van der Waals surface area (Å²) in [5, 5.41) is 13.1. The number of likely N-dealkylation sites (N-methyl/N-ethyl adjacent to an activating group) is 1. The Bertz CT molecular complexity index is 2360. The molecular formula is C51H58N2O13. The zero-order chi connectivity index (χ0) is 47.4. The summed E-state index contributed by atoms with van der Waals surface area (Å²) < 4.78 is 35.6. The van der Waals surface area contributed by atoms with Gasteiger partial charge in [-0.15, -0.1) is 0 Å². The Hall–Kier alpha value is -6.16. The van der Waals surface area contributed by atoms with Crippen molar-refractivity contribution in [1.82, 2.24) is 10.2 Å². The Morgan fingerprint density at radius 1 is 0.924 bits per heavy atom. The minimum atomic E-state index is -1.08. The first-order chi connectivity index (χ1) is 31.3. The molecule has 2 aliphatic carbocycles. The summed E-state index contributed by atoms with van der Waals surface area (Å²) in [5.41, 5.74) is 2.15. The third-order valence-corrected chi connectivity index (χ3v) is 12.1. The SMILES string of the molecule is CN(C(=O)C1=C[C@H]2OC3(Cc4ccccc4C3)O[C@H]2[C@H](OC(=O)c2ccccc2C=CC(=O)O[C@H]2C(=O)OCC2(C)C)C1)[C@H](Cc1ccccc1)C(=O)N[C@H](CO)CCC(=O)OC(C)(C)C. The van der Waals surface area contributed by atoms with Crippen LogP contribution in [0.15, 0.2) is 96.6 Å². The summed E-state index contributed by atoms with van der Waals surface area (Å²) >= 11 is 0. The molecule has 15 heteroatoms. The van der Waals surface area contributed by atoms with Gasteiger partial charge in [-0.25, -0.2) is 14.4 Å². The number of rotatable bonds is 15. The van der Waals surface area contributed by atoms with Gasteiger partial charge in [0.2, 0.25) is 17.9 Å². The Morgan fingerprint density at radius 2 is 1.59 bits per heavy atom. The first kappa shape index (κ1) is 47.8. The van der Waals surface area contributed by atoms with Gasteiger partial charge in [-0.3, -0.25) is 14.4 Å². The van der Waals surface area contributed by atoms with Gasteiger partial charge in [0.25, 0.3) is 0 Å². The van der Waals surface area contributed by atoms with E-state index in [0.29, 0.717) is 18.4 Å². The van der Waals surface area contributed by atoms with Gasteiger partial charge in [0.15, 0.2) is 5.79 Å². The van der Waals surface area contributed by atoms with Crippen LogP contribution >= 0.6 is 0 Å². The smallest absolute Gasteiger partial charge is 0.348 e. The van der Waals surface area contributed by atoms with E-state index in [9.17, 15) is 33.9 Å². The maximum absolute atomic E-state index is 14.8. The molecule has 2 saturated heterocycles. The topological polar surface area (TPSA) is 193 Å². The van der Waals surface area contributed by atoms with Crippen LogP contribution in [0.3, 0.4) is 0 Å². The molecule has 0 saturated carbocycles. The van der Waals surface area contributed by atoms with Crippen molar-refractivity contribution in [3.8, 4) is 0 Å². The largest absolute Gasteiger partial charge is 0.462 e. The molecule has 2 fully saturated rings. The quantitative estimate of drug-likeness (QED) is 0.118. The molecule has 2 amide bonds. The Labute approximate surface area is 384 Å². The van der Waals surface area contributed by atoms with Crippen LogP contribution in [0.2, 0.25) is 0 Å². The van der Waals surface area contributed by atoms with Crippen LogP contribution in [0.5, 0.6) is 0 Å². The molecule has 0 unspecified atom stereocenters. The van der Waals surface area contributed by atoms with Gasteiger partial charge >= 0.3 is 23.9 Å². The Morgan fingerprint density at radius 3 is 2.24 bits per heavy atom. The number of hydrogen-bond acceptors (Lipinski definition) is 13. The maximum atomic E-state index is 14.8. The summed E-state index contributed by atoms with van der Waals surface area (Å²) in [6, 6.07) is 21.7. The lowest BCUT2D eigenvalue weighted by molar-refractivity contribution is -0.172. The third kappa shape index (κ3) is 11.3. The zero-order valence-corrected chi connectivity index (χ0v) is 38.2. The fourth-order valence-corrected chi connectivity index (χ4v) is 8.73. The number of hydrogen-bond donors (Lipinski definition) is 2. The normalized spacial score (nSPS) is 22.3. The second-order valence-electron chi connectivity index (χ2n) is 19.0. The fourth-order valence-electron chi connectivity index (χ4n) is 8.73. The van der Waals surface area contributed by atoms with E-state index in [0.717, 1.165) is 22.8 Å². The van der Waals surface area contributed by atoms with E-state index >= 15 is 0 Å². The van der Waals surface area contributed by atoms with Gasteiger partial charge < -0.3 is 43.7 Å². The summed E-state index contributed by atoms with van der Waals surface area (Å²) in [7, 11) is 1.52. The van der Waals surface area contributed by atoms with Crippen LogP contribution in [0.1, 0.15) is 86.5 Å². The predicted octanol–water partition coefficient (Wildman–Crippen LogP) is 5.00. The number of fused-ring (bicyclic) bond motifs is 2. The highest BCUT2D eigenvalue weighted by Gasteiger charge is 2.55. The average Bonchev–Trinajstić information content (AvgIpc) is 3.92. The van der Waals surface area contributed by atoms with Crippen LogP contribution in [-0.4, -0.2) is 114 Å². The molecular weight excluding hydrogens is 849 g/mol. The molecule has 0 bridgehead atoms. The van der Waals surface area contributed by atoms with Gasteiger partial charge in [-0.1, -0.05) is 86.6 Å². The number of esters is 4. The standard InChI is InChI=1S/C51H58N2O13/c1-49(2,3)65-42(56)23-21-36(29-54)52-45(57)38(24-31-14-8-7-9-15-31)53(6)46(58)35-25-39(43-40(26-35)64-51(66-43)27-33-17-10-11-18-34(33)28-51)62-47(59)37-19-13-12-16-32(37)20-22-41(55)63-44-48(60)61-30-50(44,4)5/h7-20,22,26,36,38-40,43-44,54H,21,23-25,27-30H2,1-6H3,(H,52,57)/t36-,38+,39+,40+,43-,44-/m0/s1. The molecule has 2 aliphatic heterocycles. The molecule has 15 nitrogen and oxygen atoms in total. The Kier molecular flexibility index (Phi) is 14.3. The summed E-state index contributed by atoms with van der Waals surface area (Å²) in [6.07, 6.45) is 1.43. The molecule has 0 radical (unpaired) electrons. The van der Waals surface area contributed by atoms with Crippen molar-refractivity contribution in [2.24, 2.45) is 5.41 Å². The van der Waals surface area contributed by atoms with Crippen LogP contribution in [0, 0.1) is 5.41 Å². The van der Waals surface area contributed by atoms with Crippen LogP contribution < -0.4 is 5.32 Å². The van der Waals surface area contributed by atoms with Crippen molar-refractivity contribution in [1.29, 1.82) is 0 Å². The van der Waals surface area contributed by atoms with Crippen molar-refractivity contribution in [3.63, 3.8) is 0 Å². The van der Waals surface area contributed by atoms with Crippen LogP contribution in [0.25, 0.3) is 6.08 Å². The van der Waals surface area contributed by atoms with Gasteiger partial charge in [0.05, 0.1) is 18.2 Å². The molecule has 7 rings (SSSR count). The minimum Gasteiger partial charge on any atom is -0.462 e.